The van der Waals surface area contributed by atoms with E-state index >= 15 is 0 Å². The van der Waals surface area contributed by atoms with Gasteiger partial charge in [0.25, 0.3) is 0 Å². The highest BCUT2D eigenvalue weighted by Crippen LogP contribution is 2.40. The molecule has 1 aromatic heterocycles. The molecule has 0 unspecified atom stereocenters. The minimum absolute atomic E-state index is 0.720. The van der Waals surface area contributed by atoms with E-state index in [4.69, 9.17) is 9.97 Å². The first-order valence-electron chi connectivity index (χ1n) is 16.3. The molecule has 0 aliphatic carbocycles. The van der Waals surface area contributed by atoms with Gasteiger partial charge in [-0.25, -0.2) is 9.97 Å². The van der Waals surface area contributed by atoms with Gasteiger partial charge in [-0.05, 0) is 66.7 Å². The molecule has 2 heteroatoms. The molecule has 2 nitrogen and oxygen atoms in total. The number of rotatable bonds is 5. The first-order chi connectivity index (χ1) is 23.8. The molecule has 0 fully saturated rings. The van der Waals surface area contributed by atoms with Crippen molar-refractivity contribution in [2.45, 2.75) is 0 Å². The molecule has 0 amide bonds. The summed E-state index contributed by atoms with van der Waals surface area (Å²) >= 11 is 0. The van der Waals surface area contributed by atoms with Gasteiger partial charge in [0.2, 0.25) is 0 Å². The van der Waals surface area contributed by atoms with Gasteiger partial charge in [0, 0.05) is 16.7 Å². The van der Waals surface area contributed by atoms with Crippen molar-refractivity contribution in [2.75, 3.05) is 0 Å². The third-order valence-corrected chi connectivity index (χ3v) is 9.30. The Hall–Kier alpha value is -6.38. The summed E-state index contributed by atoms with van der Waals surface area (Å²) in [5, 5.41) is 7.11. The summed E-state index contributed by atoms with van der Waals surface area (Å²) < 4.78 is 0. The molecule has 0 radical (unpaired) electrons. The van der Waals surface area contributed by atoms with E-state index in [0.717, 1.165) is 55.8 Å². The van der Waals surface area contributed by atoms with Crippen LogP contribution < -0.4 is 0 Å². The fourth-order valence-electron chi connectivity index (χ4n) is 6.95. The second-order valence-corrected chi connectivity index (χ2v) is 12.2. The van der Waals surface area contributed by atoms with Gasteiger partial charge >= 0.3 is 0 Å². The Morgan fingerprint density at radius 1 is 0.292 bits per heavy atom. The van der Waals surface area contributed by atoms with Crippen molar-refractivity contribution in [2.24, 2.45) is 0 Å². The van der Waals surface area contributed by atoms with E-state index < -0.39 is 0 Å². The predicted molar refractivity (Wildman–Crippen MR) is 202 cm³/mol. The fraction of sp³-hybridized carbons (Fsp3) is 0. The van der Waals surface area contributed by atoms with Gasteiger partial charge in [0.15, 0.2) is 5.82 Å². The smallest absolute Gasteiger partial charge is 0.161 e. The maximum Gasteiger partial charge on any atom is 0.161 e. The van der Waals surface area contributed by atoms with Crippen molar-refractivity contribution in [3.8, 4) is 56.2 Å². The fourth-order valence-corrected chi connectivity index (χ4v) is 6.95. The molecule has 1 heterocycles. The zero-order valence-corrected chi connectivity index (χ0v) is 26.2. The van der Waals surface area contributed by atoms with Crippen molar-refractivity contribution >= 4 is 32.3 Å². The van der Waals surface area contributed by atoms with Crippen LogP contribution in [0, 0.1) is 0 Å². The molecule has 0 atom stereocenters. The van der Waals surface area contributed by atoms with E-state index in [1.807, 2.05) is 6.07 Å². The number of hydrogen-bond donors (Lipinski definition) is 0. The zero-order valence-electron chi connectivity index (χ0n) is 26.2. The van der Waals surface area contributed by atoms with Gasteiger partial charge in [0.1, 0.15) is 0 Å². The molecule has 0 saturated carbocycles. The molecule has 0 saturated heterocycles. The maximum absolute atomic E-state index is 5.42. The lowest BCUT2D eigenvalue weighted by molar-refractivity contribution is 1.19. The first-order valence-corrected chi connectivity index (χ1v) is 16.3. The van der Waals surface area contributed by atoms with Crippen LogP contribution >= 0.6 is 0 Å². The predicted octanol–water partition coefficient (Wildman–Crippen LogP) is 12.3. The van der Waals surface area contributed by atoms with Crippen LogP contribution in [0.25, 0.3) is 88.5 Å². The molecule has 9 aromatic rings. The van der Waals surface area contributed by atoms with Gasteiger partial charge in [-0.2, -0.15) is 0 Å². The Kier molecular flexibility index (Phi) is 6.84. The normalized spacial score (nSPS) is 11.3. The topological polar surface area (TPSA) is 25.8 Å². The van der Waals surface area contributed by atoms with Crippen LogP contribution in [-0.2, 0) is 0 Å². The zero-order chi connectivity index (χ0) is 31.9. The highest BCUT2D eigenvalue weighted by atomic mass is 14.9. The largest absolute Gasteiger partial charge is 0.228 e. The third-order valence-electron chi connectivity index (χ3n) is 9.30. The SMILES string of the molecule is c1ccc(-c2ccc(-c3ccccc3-c3cc(-c4ccccc4)nc(-c4c5ccccc5cc5c4ccc4ccccc45)n3)cc2)cc1. The second kappa shape index (κ2) is 11.8. The van der Waals surface area contributed by atoms with Gasteiger partial charge in [-0.1, -0.05) is 170 Å². The summed E-state index contributed by atoms with van der Waals surface area (Å²) in [6.45, 7) is 0. The Balaban J connectivity index is 1.29. The molecular weight excluding hydrogens is 581 g/mol. The van der Waals surface area contributed by atoms with Crippen LogP contribution in [0.2, 0.25) is 0 Å². The molecule has 48 heavy (non-hydrogen) atoms. The van der Waals surface area contributed by atoms with E-state index in [2.05, 4.69) is 176 Å². The molecule has 9 rings (SSSR count). The standard InChI is InChI=1S/C46H30N2/c1-3-13-31(14-4-1)32-23-25-34(26-24-32)37-19-11-12-22-40(37)44-30-43(35-16-5-2-6-17-35)47-46(48-44)45-39-21-10-8-18-36(39)29-42-38-20-9-7-15-33(38)27-28-41(42)45/h1-30H. The van der Waals surface area contributed by atoms with Crippen LogP contribution in [-0.4, -0.2) is 9.97 Å². The molecule has 8 aromatic carbocycles. The molecule has 224 valence electrons. The number of hydrogen-bond acceptors (Lipinski definition) is 2. The minimum atomic E-state index is 0.720. The lowest BCUT2D eigenvalue weighted by Gasteiger charge is -2.16. The molecule has 0 spiro atoms. The molecule has 0 N–H and O–H groups in total. The quantitative estimate of drug-likeness (QED) is 0.143. The number of fused-ring (bicyclic) bond motifs is 4. The average molecular weight is 611 g/mol. The Bertz CT molecular complexity index is 2590. The van der Waals surface area contributed by atoms with Gasteiger partial charge in [0.05, 0.1) is 11.4 Å². The van der Waals surface area contributed by atoms with E-state index in [1.54, 1.807) is 0 Å². The van der Waals surface area contributed by atoms with Gasteiger partial charge in [-0.3, -0.25) is 0 Å². The van der Waals surface area contributed by atoms with Crippen molar-refractivity contribution in [3.63, 3.8) is 0 Å². The molecule has 0 aliphatic heterocycles. The molecule has 0 bridgehead atoms. The monoisotopic (exact) mass is 610 g/mol. The minimum Gasteiger partial charge on any atom is -0.228 e. The lowest BCUT2D eigenvalue weighted by atomic mass is 9.92. The summed E-state index contributed by atoms with van der Waals surface area (Å²) in [6.07, 6.45) is 0. The maximum atomic E-state index is 5.42. The number of aromatic nitrogens is 2. The van der Waals surface area contributed by atoms with Gasteiger partial charge < -0.3 is 0 Å². The van der Waals surface area contributed by atoms with Crippen molar-refractivity contribution in [3.05, 3.63) is 182 Å². The Morgan fingerprint density at radius 3 is 1.62 bits per heavy atom. The van der Waals surface area contributed by atoms with E-state index in [0.29, 0.717) is 0 Å². The van der Waals surface area contributed by atoms with Crippen molar-refractivity contribution in [1.82, 2.24) is 9.97 Å². The summed E-state index contributed by atoms with van der Waals surface area (Å²) in [7, 11) is 0. The highest BCUT2D eigenvalue weighted by molar-refractivity contribution is 6.19. The van der Waals surface area contributed by atoms with Crippen LogP contribution in [0.4, 0.5) is 0 Å². The number of nitrogens with zero attached hydrogens (tertiary/aromatic N) is 2. The number of benzene rings is 8. The molecular formula is C46H30N2. The van der Waals surface area contributed by atoms with Crippen molar-refractivity contribution < 1.29 is 0 Å². The summed E-state index contributed by atoms with van der Waals surface area (Å²) in [5.41, 5.74) is 9.65. The molecule has 0 aliphatic rings. The summed E-state index contributed by atoms with van der Waals surface area (Å²) in [6, 6.07) is 64.4. The van der Waals surface area contributed by atoms with Crippen LogP contribution in [0.1, 0.15) is 0 Å². The van der Waals surface area contributed by atoms with E-state index in [-0.39, 0.29) is 0 Å². The van der Waals surface area contributed by atoms with E-state index in [1.165, 1.54) is 32.7 Å². The van der Waals surface area contributed by atoms with Crippen molar-refractivity contribution in [1.29, 1.82) is 0 Å². The second-order valence-electron chi connectivity index (χ2n) is 12.2. The third kappa shape index (κ3) is 4.92. The first kappa shape index (κ1) is 27.9. The van der Waals surface area contributed by atoms with Crippen LogP contribution in [0.5, 0.6) is 0 Å². The lowest BCUT2D eigenvalue weighted by Crippen LogP contribution is -1.98. The van der Waals surface area contributed by atoms with Crippen LogP contribution in [0.3, 0.4) is 0 Å². The summed E-state index contributed by atoms with van der Waals surface area (Å²) in [4.78, 5) is 10.7. The Labute approximate surface area is 279 Å². The van der Waals surface area contributed by atoms with Gasteiger partial charge in [-0.15, -0.1) is 0 Å². The highest BCUT2D eigenvalue weighted by Gasteiger charge is 2.18. The Morgan fingerprint density at radius 2 is 0.854 bits per heavy atom. The van der Waals surface area contributed by atoms with Crippen LogP contribution in [0.15, 0.2) is 182 Å². The van der Waals surface area contributed by atoms with E-state index in [9.17, 15) is 0 Å². The summed E-state index contributed by atoms with van der Waals surface area (Å²) in [5.74, 6) is 0.720. The average Bonchev–Trinajstić information content (AvgIpc) is 3.17.